The lowest BCUT2D eigenvalue weighted by molar-refractivity contribution is 0.0377. The molecule has 0 atom stereocenters. The molecular weight excluding hydrogens is 393 g/mol. The van der Waals surface area contributed by atoms with Crippen LogP contribution < -0.4 is 11.1 Å². The number of aliphatic imine (C=N–C) groups is 1. The van der Waals surface area contributed by atoms with E-state index < -0.39 is 0 Å². The quantitative estimate of drug-likeness (QED) is 0.248. The van der Waals surface area contributed by atoms with Gasteiger partial charge in [0, 0.05) is 45.3 Å². The Morgan fingerprint density at radius 3 is 2.64 bits per heavy atom. The summed E-state index contributed by atoms with van der Waals surface area (Å²) in [6, 6.07) is 0.573. The van der Waals surface area contributed by atoms with Crippen molar-refractivity contribution in [2.24, 2.45) is 10.7 Å². The van der Waals surface area contributed by atoms with Gasteiger partial charge in [-0.25, -0.2) is 0 Å². The predicted molar refractivity (Wildman–Crippen MR) is 104 cm³/mol. The smallest absolute Gasteiger partial charge is 0.188 e. The molecule has 1 saturated heterocycles. The lowest BCUT2D eigenvalue weighted by Crippen LogP contribution is -2.41. The van der Waals surface area contributed by atoms with Crippen molar-refractivity contribution < 1.29 is 4.74 Å². The largest absolute Gasteiger partial charge is 0.379 e. The standard InChI is InChI=1S/C15H33N5O.HI/c1-4-20(14(2)3)9-7-18-15(16)17-6-5-8-19-10-12-21-13-11-19;/h14H,4-13H2,1-3H3,(H3,16,17,18);1H. The highest BCUT2D eigenvalue weighted by atomic mass is 127. The maximum Gasteiger partial charge on any atom is 0.188 e. The molecule has 1 fully saturated rings. The fourth-order valence-electron chi connectivity index (χ4n) is 2.48. The number of hydrogen-bond donors (Lipinski definition) is 2. The van der Waals surface area contributed by atoms with Gasteiger partial charge >= 0.3 is 0 Å². The summed E-state index contributed by atoms with van der Waals surface area (Å²) >= 11 is 0. The third-order valence-electron chi connectivity index (χ3n) is 3.86. The molecular formula is C15H34IN5O. The van der Waals surface area contributed by atoms with Crippen LogP contribution in [-0.2, 0) is 4.74 Å². The Morgan fingerprint density at radius 2 is 2.05 bits per heavy atom. The van der Waals surface area contributed by atoms with E-state index in [0.717, 1.165) is 65.4 Å². The molecule has 7 heteroatoms. The molecule has 0 saturated carbocycles. The van der Waals surface area contributed by atoms with Gasteiger partial charge in [0.25, 0.3) is 0 Å². The minimum atomic E-state index is 0. The van der Waals surface area contributed by atoms with Gasteiger partial charge in [-0.3, -0.25) is 14.8 Å². The zero-order chi connectivity index (χ0) is 15.5. The number of morpholine rings is 1. The van der Waals surface area contributed by atoms with E-state index in [4.69, 9.17) is 10.5 Å². The lowest BCUT2D eigenvalue weighted by atomic mass is 10.3. The molecule has 1 rings (SSSR count). The molecule has 0 amide bonds. The van der Waals surface area contributed by atoms with E-state index in [2.05, 4.69) is 40.9 Å². The molecule has 1 aliphatic heterocycles. The number of likely N-dealkylation sites (N-methyl/N-ethyl adjacent to an activating group) is 1. The second kappa shape index (κ2) is 13.3. The van der Waals surface area contributed by atoms with Crippen LogP contribution in [0.3, 0.4) is 0 Å². The highest BCUT2D eigenvalue weighted by Crippen LogP contribution is 1.98. The normalized spacial score (nSPS) is 16.9. The van der Waals surface area contributed by atoms with E-state index in [0.29, 0.717) is 12.0 Å². The van der Waals surface area contributed by atoms with E-state index in [-0.39, 0.29) is 24.0 Å². The zero-order valence-corrected chi connectivity index (χ0v) is 16.7. The summed E-state index contributed by atoms with van der Waals surface area (Å²) in [5, 5.41) is 3.19. The molecule has 0 unspecified atom stereocenters. The second-order valence-electron chi connectivity index (χ2n) is 5.72. The Balaban J connectivity index is 0.00000441. The van der Waals surface area contributed by atoms with Gasteiger partial charge in [0.2, 0.25) is 0 Å². The summed E-state index contributed by atoms with van der Waals surface area (Å²) in [5.74, 6) is 0.566. The molecule has 6 nitrogen and oxygen atoms in total. The van der Waals surface area contributed by atoms with Crippen molar-refractivity contribution in [3.8, 4) is 0 Å². The first kappa shape index (κ1) is 21.9. The number of nitrogens with zero attached hydrogens (tertiary/aromatic N) is 3. The van der Waals surface area contributed by atoms with Crippen LogP contribution in [-0.4, -0.2) is 80.8 Å². The molecule has 1 aliphatic rings. The zero-order valence-electron chi connectivity index (χ0n) is 14.4. The van der Waals surface area contributed by atoms with Crippen LogP contribution in [0.2, 0.25) is 0 Å². The van der Waals surface area contributed by atoms with Gasteiger partial charge in [-0.1, -0.05) is 6.92 Å². The Bertz CT molecular complexity index is 296. The van der Waals surface area contributed by atoms with Crippen molar-refractivity contribution in [3.05, 3.63) is 0 Å². The van der Waals surface area contributed by atoms with Gasteiger partial charge in [-0.15, -0.1) is 24.0 Å². The molecule has 0 aliphatic carbocycles. The van der Waals surface area contributed by atoms with Crippen molar-refractivity contribution >= 4 is 29.9 Å². The molecule has 0 bridgehead atoms. The summed E-state index contributed by atoms with van der Waals surface area (Å²) in [7, 11) is 0. The molecule has 0 aromatic heterocycles. The molecule has 0 spiro atoms. The molecule has 1 heterocycles. The van der Waals surface area contributed by atoms with Gasteiger partial charge < -0.3 is 15.8 Å². The van der Waals surface area contributed by atoms with Gasteiger partial charge in [-0.05, 0) is 26.8 Å². The first-order valence-electron chi connectivity index (χ1n) is 8.21. The molecule has 3 N–H and O–H groups in total. The molecule has 0 aromatic rings. The van der Waals surface area contributed by atoms with E-state index in [1.165, 1.54) is 0 Å². The topological polar surface area (TPSA) is 66.1 Å². The summed E-state index contributed by atoms with van der Waals surface area (Å²) < 4.78 is 5.33. The number of ether oxygens (including phenoxy) is 1. The maximum absolute atomic E-state index is 5.88. The van der Waals surface area contributed by atoms with E-state index in [9.17, 15) is 0 Å². The molecule has 0 aromatic carbocycles. The Kier molecular flexibility index (Phi) is 13.3. The van der Waals surface area contributed by atoms with Crippen LogP contribution in [0.1, 0.15) is 27.2 Å². The number of halogens is 1. The van der Waals surface area contributed by atoms with Gasteiger partial charge in [0.05, 0.1) is 13.2 Å². The average Bonchev–Trinajstić information content (AvgIpc) is 2.49. The molecule has 0 radical (unpaired) electrons. The van der Waals surface area contributed by atoms with Crippen LogP contribution in [0.15, 0.2) is 4.99 Å². The monoisotopic (exact) mass is 427 g/mol. The highest BCUT2D eigenvalue weighted by molar-refractivity contribution is 14.0. The number of hydrogen-bond acceptors (Lipinski definition) is 4. The summed E-state index contributed by atoms with van der Waals surface area (Å²) in [6.07, 6.45) is 1.05. The molecule has 132 valence electrons. The van der Waals surface area contributed by atoms with E-state index >= 15 is 0 Å². The van der Waals surface area contributed by atoms with Crippen LogP contribution in [0.25, 0.3) is 0 Å². The van der Waals surface area contributed by atoms with Crippen molar-refractivity contribution in [2.45, 2.75) is 33.2 Å². The number of nitrogens with one attached hydrogen (secondary N) is 1. The van der Waals surface area contributed by atoms with E-state index in [1.807, 2.05) is 0 Å². The minimum absolute atomic E-state index is 0. The average molecular weight is 427 g/mol. The Hall–Kier alpha value is -0.120. The first-order valence-corrected chi connectivity index (χ1v) is 8.21. The number of guanidine groups is 1. The van der Waals surface area contributed by atoms with E-state index in [1.54, 1.807) is 0 Å². The van der Waals surface area contributed by atoms with Crippen LogP contribution >= 0.6 is 24.0 Å². The molecule has 22 heavy (non-hydrogen) atoms. The number of nitrogens with two attached hydrogens (primary N) is 1. The Morgan fingerprint density at radius 1 is 1.36 bits per heavy atom. The fraction of sp³-hybridized carbons (Fsp3) is 0.933. The van der Waals surface area contributed by atoms with Crippen molar-refractivity contribution in [1.29, 1.82) is 0 Å². The third-order valence-corrected chi connectivity index (χ3v) is 3.86. The highest BCUT2D eigenvalue weighted by Gasteiger charge is 2.09. The summed E-state index contributed by atoms with van der Waals surface area (Å²) in [6.45, 7) is 15.2. The van der Waals surface area contributed by atoms with Crippen LogP contribution in [0.5, 0.6) is 0 Å². The predicted octanol–water partition coefficient (Wildman–Crippen LogP) is 0.961. The SMILES string of the molecule is CCN(CCNC(N)=NCCCN1CCOCC1)C(C)C.I. The summed E-state index contributed by atoms with van der Waals surface area (Å²) in [5.41, 5.74) is 5.88. The Labute approximate surface area is 152 Å². The lowest BCUT2D eigenvalue weighted by Gasteiger charge is -2.26. The van der Waals surface area contributed by atoms with Gasteiger partial charge in [0.1, 0.15) is 0 Å². The van der Waals surface area contributed by atoms with Crippen molar-refractivity contribution in [3.63, 3.8) is 0 Å². The van der Waals surface area contributed by atoms with Gasteiger partial charge in [0.15, 0.2) is 5.96 Å². The first-order chi connectivity index (χ1) is 10.1. The maximum atomic E-state index is 5.88. The minimum Gasteiger partial charge on any atom is -0.379 e. The number of rotatable bonds is 9. The van der Waals surface area contributed by atoms with Crippen LogP contribution in [0.4, 0.5) is 0 Å². The summed E-state index contributed by atoms with van der Waals surface area (Å²) in [4.78, 5) is 9.21. The van der Waals surface area contributed by atoms with Crippen molar-refractivity contribution in [2.75, 3.05) is 59.0 Å². The second-order valence-corrected chi connectivity index (χ2v) is 5.72. The van der Waals surface area contributed by atoms with Crippen LogP contribution in [0, 0.1) is 0 Å². The third kappa shape index (κ3) is 9.81. The van der Waals surface area contributed by atoms with Crippen molar-refractivity contribution in [1.82, 2.24) is 15.1 Å². The van der Waals surface area contributed by atoms with Gasteiger partial charge in [-0.2, -0.15) is 0 Å². The fourth-order valence-corrected chi connectivity index (χ4v) is 2.48.